The Morgan fingerprint density at radius 2 is 2.17 bits per heavy atom. The molecule has 2 aromatic rings. The molecule has 7 heteroatoms. The van der Waals surface area contributed by atoms with Gasteiger partial charge < -0.3 is 9.64 Å². The zero-order chi connectivity index (χ0) is 16.8. The number of nitrogens with zero attached hydrogens (tertiary/aromatic N) is 1. The van der Waals surface area contributed by atoms with Crippen LogP contribution in [0.25, 0.3) is 0 Å². The van der Waals surface area contributed by atoms with Gasteiger partial charge in [-0.25, -0.2) is 4.79 Å². The summed E-state index contributed by atoms with van der Waals surface area (Å²) >= 11 is 11.4. The topological polar surface area (TPSA) is 41.6 Å². The minimum Gasteiger partial charge on any atom is -0.449 e. The van der Waals surface area contributed by atoms with Crippen molar-refractivity contribution in [1.29, 1.82) is 0 Å². The van der Waals surface area contributed by atoms with Gasteiger partial charge in [-0.15, -0.1) is 11.3 Å². The van der Waals surface area contributed by atoms with Gasteiger partial charge in [-0.1, -0.05) is 18.5 Å². The number of amides is 1. The van der Waals surface area contributed by atoms with Crippen molar-refractivity contribution in [1.82, 2.24) is 0 Å². The van der Waals surface area contributed by atoms with Crippen LogP contribution >= 0.6 is 38.9 Å². The number of benzene rings is 1. The average molecular weight is 418 g/mol. The maximum absolute atomic E-state index is 11.6. The van der Waals surface area contributed by atoms with Crippen molar-refractivity contribution in [2.45, 2.75) is 19.9 Å². The Bertz CT molecular complexity index is 678. The summed E-state index contributed by atoms with van der Waals surface area (Å²) in [4.78, 5) is 14.9. The van der Waals surface area contributed by atoms with Crippen molar-refractivity contribution in [3.05, 3.63) is 44.0 Å². The third-order valence-corrected chi connectivity index (χ3v) is 5.01. The van der Waals surface area contributed by atoms with Gasteiger partial charge in [0.1, 0.15) is 0 Å². The lowest BCUT2D eigenvalue weighted by molar-refractivity contribution is 0.161. The lowest BCUT2D eigenvalue weighted by atomic mass is 10.2. The summed E-state index contributed by atoms with van der Waals surface area (Å²) < 4.78 is 6.10. The number of ether oxygens (including phenoxy) is 1. The van der Waals surface area contributed by atoms with Crippen LogP contribution in [0, 0.1) is 0 Å². The summed E-state index contributed by atoms with van der Waals surface area (Å²) in [5.74, 6) is 0. The molecule has 0 saturated heterocycles. The molecule has 1 heterocycles. The van der Waals surface area contributed by atoms with Gasteiger partial charge >= 0.3 is 6.09 Å². The number of hydrogen-bond donors (Lipinski definition) is 1. The SMILES string of the molecule is CCCOC(=O)Nc1ccc(N(C)Cc2ccc(Br)s2)cc1Cl. The maximum Gasteiger partial charge on any atom is 0.411 e. The number of carbonyl (C=O) groups excluding carboxylic acids is 1. The molecule has 0 aliphatic rings. The molecule has 0 atom stereocenters. The van der Waals surface area contributed by atoms with Crippen LogP contribution in [0.1, 0.15) is 18.2 Å². The van der Waals surface area contributed by atoms with Crippen LogP contribution in [0.5, 0.6) is 0 Å². The van der Waals surface area contributed by atoms with Crippen LogP contribution in [0.3, 0.4) is 0 Å². The molecule has 0 radical (unpaired) electrons. The van der Waals surface area contributed by atoms with E-state index in [2.05, 4.69) is 32.2 Å². The van der Waals surface area contributed by atoms with E-state index in [4.69, 9.17) is 16.3 Å². The van der Waals surface area contributed by atoms with E-state index >= 15 is 0 Å². The van der Waals surface area contributed by atoms with E-state index in [1.807, 2.05) is 32.2 Å². The molecule has 0 fully saturated rings. The molecule has 1 aromatic carbocycles. The highest BCUT2D eigenvalue weighted by Gasteiger charge is 2.10. The Morgan fingerprint density at radius 3 is 2.78 bits per heavy atom. The van der Waals surface area contributed by atoms with Gasteiger partial charge in [-0.05, 0) is 52.7 Å². The monoisotopic (exact) mass is 416 g/mol. The lowest BCUT2D eigenvalue weighted by Gasteiger charge is -2.19. The standard InChI is InChI=1S/C16H18BrClN2O2S/c1-3-8-22-16(21)19-14-6-4-11(9-13(14)18)20(2)10-12-5-7-15(17)23-12/h4-7,9H,3,8,10H2,1-2H3,(H,19,21). The highest BCUT2D eigenvalue weighted by molar-refractivity contribution is 9.11. The van der Waals surface area contributed by atoms with Gasteiger partial charge in [0.15, 0.2) is 0 Å². The maximum atomic E-state index is 11.6. The van der Waals surface area contributed by atoms with E-state index in [9.17, 15) is 4.79 Å². The van der Waals surface area contributed by atoms with E-state index < -0.39 is 6.09 Å². The normalized spacial score (nSPS) is 10.4. The summed E-state index contributed by atoms with van der Waals surface area (Å²) in [5, 5.41) is 3.13. The highest BCUT2D eigenvalue weighted by atomic mass is 79.9. The summed E-state index contributed by atoms with van der Waals surface area (Å²) in [6.45, 7) is 3.12. The van der Waals surface area contributed by atoms with Crippen molar-refractivity contribution in [3.8, 4) is 0 Å². The minimum absolute atomic E-state index is 0.390. The van der Waals surface area contributed by atoms with Crippen molar-refractivity contribution in [2.24, 2.45) is 0 Å². The molecule has 1 aromatic heterocycles. The second-order valence-corrected chi connectivity index (χ2v) is 7.94. The first-order valence-electron chi connectivity index (χ1n) is 7.18. The summed E-state index contributed by atoms with van der Waals surface area (Å²) in [5.41, 5.74) is 1.52. The molecule has 1 N–H and O–H groups in total. The molecule has 0 bridgehead atoms. The predicted molar refractivity (Wildman–Crippen MR) is 101 cm³/mol. The van der Waals surface area contributed by atoms with Gasteiger partial charge in [-0.2, -0.15) is 0 Å². The summed E-state index contributed by atoms with van der Waals surface area (Å²) in [7, 11) is 2.00. The third-order valence-electron chi connectivity index (χ3n) is 3.09. The second-order valence-electron chi connectivity index (χ2n) is 4.99. The zero-order valence-corrected chi connectivity index (χ0v) is 16.1. The highest BCUT2D eigenvalue weighted by Crippen LogP contribution is 2.29. The van der Waals surface area contributed by atoms with E-state index in [1.165, 1.54) is 4.88 Å². The molecule has 2 rings (SSSR count). The Morgan fingerprint density at radius 1 is 1.39 bits per heavy atom. The van der Waals surface area contributed by atoms with Crippen LogP contribution in [-0.4, -0.2) is 19.7 Å². The molecule has 124 valence electrons. The quantitative estimate of drug-likeness (QED) is 0.650. The Balaban J connectivity index is 2.01. The smallest absolute Gasteiger partial charge is 0.411 e. The van der Waals surface area contributed by atoms with Gasteiger partial charge in [0.2, 0.25) is 0 Å². The largest absolute Gasteiger partial charge is 0.449 e. The predicted octanol–water partition coefficient (Wildman–Crippen LogP) is 5.76. The number of nitrogens with one attached hydrogen (secondary N) is 1. The first-order chi connectivity index (χ1) is 11.0. The number of rotatable bonds is 6. The molecule has 23 heavy (non-hydrogen) atoms. The number of thiophene rings is 1. The fourth-order valence-electron chi connectivity index (χ4n) is 1.95. The molecule has 0 aliphatic carbocycles. The fourth-order valence-corrected chi connectivity index (χ4v) is 3.70. The van der Waals surface area contributed by atoms with Crippen molar-refractivity contribution in [2.75, 3.05) is 23.9 Å². The first-order valence-corrected chi connectivity index (χ1v) is 9.17. The van der Waals surface area contributed by atoms with Crippen molar-refractivity contribution < 1.29 is 9.53 Å². The van der Waals surface area contributed by atoms with Crippen LogP contribution < -0.4 is 10.2 Å². The molecule has 0 spiro atoms. The van der Waals surface area contributed by atoms with E-state index in [0.717, 1.165) is 22.4 Å². The molecule has 4 nitrogen and oxygen atoms in total. The number of hydrogen-bond acceptors (Lipinski definition) is 4. The van der Waals surface area contributed by atoms with Gasteiger partial charge in [-0.3, -0.25) is 5.32 Å². The van der Waals surface area contributed by atoms with Gasteiger partial charge in [0.05, 0.1) is 27.6 Å². The molecule has 0 aliphatic heterocycles. The van der Waals surface area contributed by atoms with Crippen LogP contribution in [-0.2, 0) is 11.3 Å². The first kappa shape index (κ1) is 18.1. The Labute approximate surface area is 153 Å². The van der Waals surface area contributed by atoms with Gasteiger partial charge in [0.25, 0.3) is 0 Å². The minimum atomic E-state index is -0.488. The Hall–Kier alpha value is -1.24. The van der Waals surface area contributed by atoms with Gasteiger partial charge in [0, 0.05) is 17.6 Å². The van der Waals surface area contributed by atoms with E-state index in [-0.39, 0.29) is 0 Å². The summed E-state index contributed by atoms with van der Waals surface area (Å²) in [6, 6.07) is 9.66. The number of carbonyl (C=O) groups is 1. The molecule has 1 amide bonds. The van der Waals surface area contributed by atoms with Crippen LogP contribution in [0.2, 0.25) is 5.02 Å². The fraction of sp³-hybridized carbons (Fsp3) is 0.312. The summed E-state index contributed by atoms with van der Waals surface area (Å²) in [6.07, 6.45) is 0.294. The molecular formula is C16H18BrClN2O2S. The van der Waals surface area contributed by atoms with Crippen molar-refractivity contribution in [3.63, 3.8) is 0 Å². The van der Waals surface area contributed by atoms with Crippen LogP contribution in [0.15, 0.2) is 34.1 Å². The Kier molecular flexibility index (Phi) is 6.74. The lowest BCUT2D eigenvalue weighted by Crippen LogP contribution is -2.16. The second kappa shape index (κ2) is 8.57. The van der Waals surface area contributed by atoms with Crippen molar-refractivity contribution >= 4 is 56.3 Å². The third kappa shape index (κ3) is 5.41. The van der Waals surface area contributed by atoms with E-state index in [0.29, 0.717) is 17.3 Å². The number of halogens is 2. The zero-order valence-electron chi connectivity index (χ0n) is 12.9. The average Bonchev–Trinajstić information content (AvgIpc) is 2.92. The number of anilines is 2. The van der Waals surface area contributed by atoms with Crippen LogP contribution in [0.4, 0.5) is 16.2 Å². The molecular weight excluding hydrogens is 400 g/mol. The van der Waals surface area contributed by atoms with E-state index in [1.54, 1.807) is 17.4 Å². The molecule has 0 unspecified atom stereocenters. The molecule has 0 saturated carbocycles.